The Morgan fingerprint density at radius 3 is 2.70 bits per heavy atom. The number of hydrogen-bond donors (Lipinski definition) is 1. The number of aromatic nitrogens is 2. The lowest BCUT2D eigenvalue weighted by Gasteiger charge is -2.36. The van der Waals surface area contributed by atoms with Crippen LogP contribution in [0.3, 0.4) is 0 Å². The zero-order valence-corrected chi connectivity index (χ0v) is 17.0. The number of amides is 1. The van der Waals surface area contributed by atoms with E-state index < -0.39 is 10.0 Å². The van der Waals surface area contributed by atoms with E-state index in [0.29, 0.717) is 25.9 Å². The topological polar surface area (TPSA) is 93.5 Å². The van der Waals surface area contributed by atoms with Gasteiger partial charge >= 0.3 is 0 Å². The highest BCUT2D eigenvalue weighted by molar-refractivity contribution is 7.89. The monoisotopic (exact) mass is 398 g/mol. The van der Waals surface area contributed by atoms with Crippen molar-refractivity contribution >= 4 is 15.9 Å². The van der Waals surface area contributed by atoms with Crippen molar-refractivity contribution in [3.8, 4) is 0 Å². The number of rotatable bonds is 7. The largest absolute Gasteiger partial charge is 0.377 e. The molecule has 0 spiro atoms. The molecule has 2 aliphatic rings. The fraction of sp³-hybridized carbons (Fsp3) is 0.778. The van der Waals surface area contributed by atoms with E-state index in [-0.39, 0.29) is 28.9 Å². The number of nitrogens with zero attached hydrogens (tertiary/aromatic N) is 3. The molecule has 0 aromatic carbocycles. The molecular formula is C18H30N4O4S. The number of sulfonamides is 1. The highest BCUT2D eigenvalue weighted by atomic mass is 32.2. The Balaban J connectivity index is 1.68. The van der Waals surface area contributed by atoms with Gasteiger partial charge in [-0.1, -0.05) is 6.92 Å². The number of likely N-dealkylation sites (tertiary alicyclic amines) is 1. The highest BCUT2D eigenvalue weighted by Gasteiger charge is 2.38. The quantitative estimate of drug-likeness (QED) is 0.747. The average molecular weight is 399 g/mol. The van der Waals surface area contributed by atoms with Gasteiger partial charge in [0.25, 0.3) is 0 Å². The van der Waals surface area contributed by atoms with E-state index in [9.17, 15) is 13.2 Å². The first-order chi connectivity index (χ1) is 12.9. The molecule has 3 atom stereocenters. The van der Waals surface area contributed by atoms with Crippen LogP contribution in [0, 0.1) is 5.92 Å². The van der Waals surface area contributed by atoms with Crippen molar-refractivity contribution in [2.24, 2.45) is 13.0 Å². The molecule has 1 aromatic rings. The molecule has 3 rings (SSSR count). The van der Waals surface area contributed by atoms with Gasteiger partial charge in [0.05, 0.1) is 12.3 Å². The van der Waals surface area contributed by atoms with Crippen LogP contribution in [0.2, 0.25) is 0 Å². The molecule has 1 aliphatic heterocycles. The summed E-state index contributed by atoms with van der Waals surface area (Å²) in [5.41, 5.74) is 0. The molecule has 1 N–H and O–H groups in total. The van der Waals surface area contributed by atoms with Crippen molar-refractivity contribution in [1.29, 1.82) is 0 Å². The van der Waals surface area contributed by atoms with Gasteiger partial charge in [-0.3, -0.25) is 9.48 Å². The summed E-state index contributed by atoms with van der Waals surface area (Å²) in [6.07, 6.45) is 7.36. The third-order valence-corrected chi connectivity index (χ3v) is 6.84. The summed E-state index contributed by atoms with van der Waals surface area (Å²) in [6, 6.07) is -0.329. The van der Waals surface area contributed by atoms with Crippen LogP contribution in [0.25, 0.3) is 0 Å². The van der Waals surface area contributed by atoms with Crippen molar-refractivity contribution in [3.63, 3.8) is 0 Å². The molecule has 0 unspecified atom stereocenters. The fourth-order valence-corrected chi connectivity index (χ4v) is 5.22. The van der Waals surface area contributed by atoms with Crippen LogP contribution in [0.1, 0.15) is 45.4 Å². The van der Waals surface area contributed by atoms with E-state index in [0.717, 1.165) is 32.4 Å². The second-order valence-corrected chi connectivity index (χ2v) is 9.24. The first kappa shape index (κ1) is 20.3. The van der Waals surface area contributed by atoms with Crippen molar-refractivity contribution < 1.29 is 17.9 Å². The molecule has 0 radical (unpaired) electrons. The van der Waals surface area contributed by atoms with Gasteiger partial charge in [-0.2, -0.15) is 5.10 Å². The molecule has 1 aromatic heterocycles. The van der Waals surface area contributed by atoms with E-state index in [1.807, 2.05) is 11.8 Å². The predicted octanol–water partition coefficient (Wildman–Crippen LogP) is 1.28. The number of carbonyl (C=O) groups is 1. The second-order valence-electron chi connectivity index (χ2n) is 7.53. The van der Waals surface area contributed by atoms with Crippen molar-refractivity contribution in [3.05, 3.63) is 12.4 Å². The molecule has 1 aliphatic carbocycles. The second kappa shape index (κ2) is 8.70. The maximum Gasteiger partial charge on any atom is 0.244 e. The summed E-state index contributed by atoms with van der Waals surface area (Å²) in [5.74, 6) is 0.121. The van der Waals surface area contributed by atoms with E-state index in [1.165, 1.54) is 17.1 Å². The molecule has 27 heavy (non-hydrogen) atoms. The van der Waals surface area contributed by atoms with E-state index in [4.69, 9.17) is 4.74 Å². The first-order valence-corrected chi connectivity index (χ1v) is 11.3. The minimum absolute atomic E-state index is 0.0795. The van der Waals surface area contributed by atoms with E-state index in [1.54, 1.807) is 7.05 Å². The van der Waals surface area contributed by atoms with Crippen LogP contribution in [0.15, 0.2) is 17.3 Å². The third-order valence-electron chi connectivity index (χ3n) is 5.39. The maximum atomic E-state index is 12.8. The van der Waals surface area contributed by atoms with Gasteiger partial charge in [0.15, 0.2) is 0 Å². The number of ether oxygens (including phenoxy) is 1. The predicted molar refractivity (Wildman–Crippen MR) is 101 cm³/mol. The normalized spacial score (nSPS) is 26.4. The van der Waals surface area contributed by atoms with Crippen molar-refractivity contribution in [1.82, 2.24) is 19.4 Å². The zero-order chi connectivity index (χ0) is 19.4. The Morgan fingerprint density at radius 2 is 2.07 bits per heavy atom. The van der Waals surface area contributed by atoms with Crippen LogP contribution in [-0.2, 0) is 26.6 Å². The summed E-state index contributed by atoms with van der Waals surface area (Å²) >= 11 is 0. The van der Waals surface area contributed by atoms with Gasteiger partial charge in [-0.25, -0.2) is 13.1 Å². The van der Waals surface area contributed by atoms with Crippen LogP contribution in [0.5, 0.6) is 0 Å². The minimum atomic E-state index is -3.66. The number of nitrogens with one attached hydrogen (secondary N) is 1. The van der Waals surface area contributed by atoms with Crippen LogP contribution >= 0.6 is 0 Å². The zero-order valence-electron chi connectivity index (χ0n) is 16.1. The van der Waals surface area contributed by atoms with Gasteiger partial charge in [0.1, 0.15) is 4.90 Å². The standard InChI is InChI=1S/C18H30N4O4S/c1-3-10-26-17-11-14(18(23)22-8-4-5-9-22)6-7-16(17)20-27(24,25)15-12-19-21(2)13-15/h12-14,16-17,20H,3-11H2,1-2H3/t14-,16-,17-/m0/s1. The average Bonchev–Trinajstić information content (AvgIpc) is 3.32. The van der Waals surface area contributed by atoms with Crippen LogP contribution < -0.4 is 4.72 Å². The number of hydrogen-bond acceptors (Lipinski definition) is 5. The molecule has 1 amide bonds. The summed E-state index contributed by atoms with van der Waals surface area (Å²) in [6.45, 7) is 4.25. The SMILES string of the molecule is CCCO[C@H]1C[C@@H](C(=O)N2CCCC2)CC[C@@H]1NS(=O)(=O)c1cnn(C)c1. The van der Waals surface area contributed by atoms with Crippen molar-refractivity contribution in [2.45, 2.75) is 62.5 Å². The molecule has 1 saturated carbocycles. The van der Waals surface area contributed by atoms with Gasteiger partial charge in [-0.15, -0.1) is 0 Å². The van der Waals surface area contributed by atoms with Gasteiger partial charge in [-0.05, 0) is 38.5 Å². The van der Waals surface area contributed by atoms with Gasteiger partial charge in [0, 0.05) is 44.9 Å². The Bertz CT molecular complexity index is 742. The van der Waals surface area contributed by atoms with E-state index in [2.05, 4.69) is 9.82 Å². The smallest absolute Gasteiger partial charge is 0.244 e. The number of aryl methyl sites for hydroxylation is 1. The Kier molecular flexibility index (Phi) is 6.54. The molecule has 0 bridgehead atoms. The molecule has 2 heterocycles. The number of carbonyl (C=O) groups excluding carboxylic acids is 1. The van der Waals surface area contributed by atoms with Crippen LogP contribution in [0.4, 0.5) is 0 Å². The third kappa shape index (κ3) is 4.89. The molecule has 8 nitrogen and oxygen atoms in total. The lowest BCUT2D eigenvalue weighted by atomic mass is 9.83. The fourth-order valence-electron chi connectivity index (χ4n) is 3.94. The summed E-state index contributed by atoms with van der Waals surface area (Å²) in [5, 5.41) is 3.94. The minimum Gasteiger partial charge on any atom is -0.377 e. The molecular weight excluding hydrogens is 368 g/mol. The lowest BCUT2D eigenvalue weighted by molar-refractivity contribution is -0.137. The van der Waals surface area contributed by atoms with Crippen LogP contribution in [-0.4, -0.2) is 60.8 Å². The highest BCUT2D eigenvalue weighted by Crippen LogP contribution is 2.30. The van der Waals surface area contributed by atoms with Crippen molar-refractivity contribution in [2.75, 3.05) is 19.7 Å². The van der Waals surface area contributed by atoms with Gasteiger partial charge < -0.3 is 9.64 Å². The van der Waals surface area contributed by atoms with Gasteiger partial charge in [0.2, 0.25) is 15.9 Å². The maximum absolute atomic E-state index is 12.8. The lowest BCUT2D eigenvalue weighted by Crippen LogP contribution is -2.50. The Morgan fingerprint density at radius 1 is 1.33 bits per heavy atom. The summed E-state index contributed by atoms with van der Waals surface area (Å²) in [7, 11) is -1.98. The van der Waals surface area contributed by atoms with E-state index >= 15 is 0 Å². The summed E-state index contributed by atoms with van der Waals surface area (Å²) < 4.78 is 35.5. The molecule has 9 heteroatoms. The Labute approximate surface area is 161 Å². The molecule has 152 valence electrons. The molecule has 1 saturated heterocycles. The molecule has 2 fully saturated rings. The Hall–Kier alpha value is -1.45. The first-order valence-electron chi connectivity index (χ1n) is 9.82. The summed E-state index contributed by atoms with van der Waals surface area (Å²) in [4.78, 5) is 14.9.